The van der Waals surface area contributed by atoms with Crippen LogP contribution in [0, 0.1) is 0 Å². The quantitative estimate of drug-likeness (QED) is 0.915. The fourth-order valence-electron chi connectivity index (χ4n) is 1.76. The minimum atomic E-state index is -3.21. The lowest BCUT2D eigenvalue weighted by atomic mass is 10.2. The van der Waals surface area contributed by atoms with E-state index in [0.717, 1.165) is 11.8 Å². The normalized spacial score (nSPS) is 11.4. The molecule has 0 unspecified atom stereocenters. The maximum absolute atomic E-state index is 11.4. The molecule has 2 rings (SSSR count). The number of carbonyl (C=O) groups is 1. The van der Waals surface area contributed by atoms with Crippen LogP contribution in [0.4, 0.5) is 0 Å². The van der Waals surface area contributed by atoms with Gasteiger partial charge >= 0.3 is 5.97 Å². The van der Waals surface area contributed by atoms with Crippen molar-refractivity contribution in [2.24, 2.45) is 0 Å². The van der Waals surface area contributed by atoms with Crippen LogP contribution < -0.4 is 0 Å². The Morgan fingerprint density at radius 2 is 1.80 bits per heavy atom. The van der Waals surface area contributed by atoms with E-state index in [2.05, 4.69) is 0 Å². The largest absolute Gasteiger partial charge is 0.481 e. The molecule has 0 fully saturated rings. The van der Waals surface area contributed by atoms with E-state index in [0.29, 0.717) is 17.9 Å². The summed E-state index contributed by atoms with van der Waals surface area (Å²) in [4.78, 5) is 10.7. The number of aliphatic carboxylic acids is 1. The Labute approximate surface area is 116 Å². The average Bonchev–Trinajstić information content (AvgIpc) is 2.84. The first-order valence-electron chi connectivity index (χ1n) is 5.97. The van der Waals surface area contributed by atoms with Crippen molar-refractivity contribution in [3.63, 3.8) is 0 Å². The highest BCUT2D eigenvalue weighted by Gasteiger charge is 2.09. The van der Waals surface area contributed by atoms with Gasteiger partial charge in [-0.1, -0.05) is 0 Å². The second-order valence-corrected chi connectivity index (χ2v) is 6.47. The topological polar surface area (TPSA) is 84.6 Å². The summed E-state index contributed by atoms with van der Waals surface area (Å²) in [5, 5.41) is 8.61. The van der Waals surface area contributed by atoms with Crippen LogP contribution in [0.15, 0.2) is 45.7 Å². The molecule has 20 heavy (non-hydrogen) atoms. The Bertz CT molecular complexity index is 710. The first-order chi connectivity index (χ1) is 9.36. The van der Waals surface area contributed by atoms with Gasteiger partial charge in [0.2, 0.25) is 0 Å². The summed E-state index contributed by atoms with van der Waals surface area (Å²) in [7, 11) is -3.21. The summed E-state index contributed by atoms with van der Waals surface area (Å²) < 4.78 is 28.2. The van der Waals surface area contributed by atoms with E-state index in [9.17, 15) is 13.2 Å². The van der Waals surface area contributed by atoms with Crippen LogP contribution in [-0.4, -0.2) is 25.7 Å². The van der Waals surface area contributed by atoms with Crippen LogP contribution >= 0.6 is 0 Å². The number of hydrogen-bond donors (Lipinski definition) is 1. The van der Waals surface area contributed by atoms with E-state index in [1.54, 1.807) is 24.3 Å². The zero-order chi connectivity index (χ0) is 14.8. The van der Waals surface area contributed by atoms with Crippen LogP contribution in [0.5, 0.6) is 0 Å². The number of sulfone groups is 1. The highest BCUT2D eigenvalue weighted by atomic mass is 32.2. The standard InChI is InChI=1S/C14H14O5S/c1-20(17,18)12-6-2-10(3-7-12)13-8-4-11(19-13)5-9-14(15)16/h2-4,6-8H,5,9H2,1H3,(H,15,16). The van der Waals surface area contributed by atoms with Gasteiger partial charge in [0.05, 0.1) is 11.3 Å². The Morgan fingerprint density at radius 3 is 2.35 bits per heavy atom. The van der Waals surface area contributed by atoms with Gasteiger partial charge in [0.25, 0.3) is 0 Å². The molecule has 2 aromatic rings. The van der Waals surface area contributed by atoms with Gasteiger partial charge in [-0.05, 0) is 36.4 Å². The molecule has 1 heterocycles. The number of furan rings is 1. The lowest BCUT2D eigenvalue weighted by Gasteiger charge is -2.00. The first kappa shape index (κ1) is 14.3. The molecular weight excluding hydrogens is 280 g/mol. The molecule has 0 radical (unpaired) electrons. The van der Waals surface area contributed by atoms with Gasteiger partial charge in [0.15, 0.2) is 9.84 Å². The molecule has 0 saturated heterocycles. The molecule has 1 N–H and O–H groups in total. The predicted molar refractivity (Wildman–Crippen MR) is 73.2 cm³/mol. The van der Waals surface area contributed by atoms with Gasteiger partial charge in [0.1, 0.15) is 11.5 Å². The van der Waals surface area contributed by atoms with E-state index in [4.69, 9.17) is 9.52 Å². The molecule has 1 aromatic heterocycles. The smallest absolute Gasteiger partial charge is 0.303 e. The number of hydrogen-bond acceptors (Lipinski definition) is 4. The highest BCUT2D eigenvalue weighted by Crippen LogP contribution is 2.24. The molecule has 0 amide bonds. The van der Waals surface area contributed by atoms with Crippen LogP contribution in [0.1, 0.15) is 12.2 Å². The fraction of sp³-hybridized carbons (Fsp3) is 0.214. The van der Waals surface area contributed by atoms with Gasteiger partial charge in [-0.2, -0.15) is 0 Å². The van der Waals surface area contributed by atoms with Crippen molar-refractivity contribution in [1.29, 1.82) is 0 Å². The van der Waals surface area contributed by atoms with Gasteiger partial charge in [0, 0.05) is 18.2 Å². The number of benzene rings is 1. The number of carboxylic acid groups (broad SMARTS) is 1. The van der Waals surface area contributed by atoms with Crippen LogP contribution in [0.3, 0.4) is 0 Å². The van der Waals surface area contributed by atoms with Gasteiger partial charge in [-0.3, -0.25) is 4.79 Å². The molecule has 0 bridgehead atoms. The molecular formula is C14H14O5S. The maximum atomic E-state index is 11.4. The summed E-state index contributed by atoms with van der Waals surface area (Å²) in [5.41, 5.74) is 0.749. The molecule has 0 atom stereocenters. The zero-order valence-corrected chi connectivity index (χ0v) is 11.7. The Hall–Kier alpha value is -2.08. The fourth-order valence-corrected chi connectivity index (χ4v) is 2.39. The SMILES string of the molecule is CS(=O)(=O)c1ccc(-c2ccc(CCC(=O)O)o2)cc1. The van der Waals surface area contributed by atoms with Crippen LogP contribution in [0.2, 0.25) is 0 Å². The second-order valence-electron chi connectivity index (χ2n) is 4.46. The van der Waals surface area contributed by atoms with Crippen LogP contribution in [-0.2, 0) is 21.1 Å². The number of rotatable bonds is 5. The van der Waals surface area contributed by atoms with Crippen molar-refractivity contribution in [2.45, 2.75) is 17.7 Å². The molecule has 0 aliphatic rings. The van der Waals surface area contributed by atoms with Gasteiger partial charge in [-0.25, -0.2) is 8.42 Å². The molecule has 0 spiro atoms. The molecule has 0 saturated carbocycles. The third kappa shape index (κ3) is 3.48. The number of carboxylic acids is 1. The molecule has 1 aromatic carbocycles. The Balaban J connectivity index is 2.18. The second kappa shape index (κ2) is 5.50. The highest BCUT2D eigenvalue weighted by molar-refractivity contribution is 7.90. The predicted octanol–water partition coefficient (Wildman–Crippen LogP) is 2.37. The maximum Gasteiger partial charge on any atom is 0.303 e. The molecule has 6 heteroatoms. The van der Waals surface area contributed by atoms with Crippen molar-refractivity contribution in [3.05, 3.63) is 42.2 Å². The van der Waals surface area contributed by atoms with E-state index >= 15 is 0 Å². The summed E-state index contributed by atoms with van der Waals surface area (Å²) in [6.07, 6.45) is 1.50. The summed E-state index contributed by atoms with van der Waals surface area (Å²) in [5.74, 6) is 0.306. The van der Waals surface area contributed by atoms with E-state index in [-0.39, 0.29) is 11.3 Å². The Kier molecular flexibility index (Phi) is 3.94. The average molecular weight is 294 g/mol. The van der Waals surface area contributed by atoms with Gasteiger partial charge in [-0.15, -0.1) is 0 Å². The Morgan fingerprint density at radius 1 is 1.15 bits per heavy atom. The van der Waals surface area contributed by atoms with Crippen molar-refractivity contribution >= 4 is 15.8 Å². The van der Waals surface area contributed by atoms with E-state index < -0.39 is 15.8 Å². The summed E-state index contributed by atoms with van der Waals surface area (Å²) in [6.45, 7) is 0. The number of aryl methyl sites for hydroxylation is 1. The van der Waals surface area contributed by atoms with Crippen molar-refractivity contribution < 1.29 is 22.7 Å². The van der Waals surface area contributed by atoms with Crippen molar-refractivity contribution in [3.8, 4) is 11.3 Å². The van der Waals surface area contributed by atoms with E-state index in [1.165, 1.54) is 12.1 Å². The van der Waals surface area contributed by atoms with Crippen molar-refractivity contribution in [1.82, 2.24) is 0 Å². The molecule has 0 aliphatic heterocycles. The third-order valence-electron chi connectivity index (χ3n) is 2.81. The first-order valence-corrected chi connectivity index (χ1v) is 7.86. The lowest BCUT2D eigenvalue weighted by Crippen LogP contribution is -1.96. The lowest BCUT2D eigenvalue weighted by molar-refractivity contribution is -0.137. The molecule has 106 valence electrons. The molecule has 0 aliphatic carbocycles. The summed E-state index contributed by atoms with van der Waals surface area (Å²) >= 11 is 0. The summed E-state index contributed by atoms with van der Waals surface area (Å²) in [6, 6.07) is 9.83. The molecule has 5 nitrogen and oxygen atoms in total. The van der Waals surface area contributed by atoms with E-state index in [1.807, 2.05) is 0 Å². The third-order valence-corrected chi connectivity index (χ3v) is 3.94. The van der Waals surface area contributed by atoms with Crippen molar-refractivity contribution in [2.75, 3.05) is 6.26 Å². The minimum absolute atomic E-state index is 0.0139. The van der Waals surface area contributed by atoms with Gasteiger partial charge < -0.3 is 9.52 Å². The minimum Gasteiger partial charge on any atom is -0.481 e. The van der Waals surface area contributed by atoms with Crippen LogP contribution in [0.25, 0.3) is 11.3 Å². The zero-order valence-electron chi connectivity index (χ0n) is 10.9. The monoisotopic (exact) mass is 294 g/mol.